The minimum absolute atomic E-state index is 0.0257. The summed E-state index contributed by atoms with van der Waals surface area (Å²) in [6.45, 7) is 6.82. The molecular formula is C66H123N2O7P. The summed E-state index contributed by atoms with van der Waals surface area (Å²) in [6, 6.07) is -0.896. The van der Waals surface area contributed by atoms with Crippen molar-refractivity contribution < 1.29 is 37.3 Å². The van der Waals surface area contributed by atoms with E-state index in [1.807, 2.05) is 33.3 Å². The van der Waals surface area contributed by atoms with Crippen LogP contribution in [0.2, 0.25) is 0 Å². The molecule has 444 valence electrons. The summed E-state index contributed by atoms with van der Waals surface area (Å²) >= 11 is 0. The second kappa shape index (κ2) is 56.0. The molecule has 0 aromatic heterocycles. The number of quaternary nitrogens is 1. The molecule has 3 atom stereocenters. The number of unbranched alkanes of at least 4 members (excludes halogenated alkanes) is 34. The van der Waals surface area contributed by atoms with Crippen molar-refractivity contribution in [3.05, 3.63) is 60.8 Å². The number of nitrogens with one attached hydrogen (secondary N) is 1. The van der Waals surface area contributed by atoms with Crippen molar-refractivity contribution in [2.24, 2.45) is 0 Å². The Bertz CT molecular complexity index is 1490. The first kappa shape index (κ1) is 73.7. The molecule has 0 saturated heterocycles. The predicted molar refractivity (Wildman–Crippen MR) is 325 cm³/mol. The molecule has 0 aromatic carbocycles. The van der Waals surface area contributed by atoms with Gasteiger partial charge in [-0.3, -0.25) is 14.2 Å². The summed E-state index contributed by atoms with van der Waals surface area (Å²) in [5.41, 5.74) is 0. The van der Waals surface area contributed by atoms with Gasteiger partial charge in [0.1, 0.15) is 19.3 Å². The van der Waals surface area contributed by atoms with Gasteiger partial charge in [0.05, 0.1) is 33.8 Å². The number of phosphoric ester groups is 1. The molecule has 0 aliphatic heterocycles. The Morgan fingerprint density at radius 2 is 0.803 bits per heavy atom. The minimum Gasteiger partial charge on any atom is -0.756 e. The van der Waals surface area contributed by atoms with E-state index < -0.39 is 26.6 Å². The topological polar surface area (TPSA) is 114 Å². The summed E-state index contributed by atoms with van der Waals surface area (Å²) in [4.78, 5) is 40.0. The average molecular weight is 1090 g/mol. The van der Waals surface area contributed by atoms with Crippen LogP contribution in [0.15, 0.2) is 60.8 Å². The number of ether oxygens (including phenoxy) is 1. The van der Waals surface area contributed by atoms with E-state index in [4.69, 9.17) is 13.8 Å². The third-order valence-corrected chi connectivity index (χ3v) is 15.1. The largest absolute Gasteiger partial charge is 0.756 e. The van der Waals surface area contributed by atoms with Crippen LogP contribution in [0.5, 0.6) is 0 Å². The molecule has 0 aliphatic rings. The van der Waals surface area contributed by atoms with Crippen LogP contribution in [-0.2, 0) is 27.9 Å². The number of esters is 1. The van der Waals surface area contributed by atoms with Crippen LogP contribution < -0.4 is 10.2 Å². The zero-order valence-corrected chi connectivity index (χ0v) is 51.6. The first-order valence-corrected chi connectivity index (χ1v) is 33.6. The average Bonchev–Trinajstić information content (AvgIpc) is 3.38. The fourth-order valence-corrected chi connectivity index (χ4v) is 9.89. The van der Waals surface area contributed by atoms with E-state index in [0.717, 1.165) is 77.0 Å². The van der Waals surface area contributed by atoms with E-state index in [9.17, 15) is 19.0 Å². The van der Waals surface area contributed by atoms with Gasteiger partial charge in [0.2, 0.25) is 5.91 Å². The molecule has 3 unspecified atom stereocenters. The number of hydrogen-bond acceptors (Lipinski definition) is 7. The number of allylic oxidation sites excluding steroid dienone is 9. The first-order chi connectivity index (χ1) is 36.9. The van der Waals surface area contributed by atoms with Crippen LogP contribution in [0.25, 0.3) is 0 Å². The maximum absolute atomic E-state index is 13.5. The van der Waals surface area contributed by atoms with Crippen molar-refractivity contribution >= 4 is 19.7 Å². The second-order valence-electron chi connectivity index (χ2n) is 22.9. The number of nitrogens with zero attached hydrogens (tertiary/aromatic N) is 1. The van der Waals surface area contributed by atoms with Crippen LogP contribution in [-0.4, -0.2) is 69.4 Å². The number of rotatable bonds is 58. The van der Waals surface area contributed by atoms with E-state index >= 15 is 0 Å². The van der Waals surface area contributed by atoms with E-state index in [1.165, 1.54) is 180 Å². The Labute approximate surface area is 471 Å². The van der Waals surface area contributed by atoms with Gasteiger partial charge < -0.3 is 28.5 Å². The fraction of sp³-hybridized carbons (Fsp3) is 0.818. The standard InChI is InChI=1S/C66H123N2O7P/c1-7-10-13-16-19-22-25-28-30-32-34-36-38-40-43-46-49-52-55-58-65(69)67-63(62-74-76(71,72)73-61-60-68(4,5)6)64(57-54-51-48-45-42-27-24-21-18-15-12-9-3)75-66(70)59-56-53-50-47-44-41-39-37-35-33-31-29-26-23-20-17-14-11-8-2/h20,23,28-31,35,37,54,57,63-64H,7-19,21-22,24-27,32-34,36,38-53,55-56,58-62H2,1-6H3,(H-,67,69,71,72)/b23-20-,30-28+,31-29-,37-35-,57-54+. The molecule has 1 N–H and O–H groups in total. The summed E-state index contributed by atoms with van der Waals surface area (Å²) < 4.78 is 30.3. The van der Waals surface area contributed by atoms with Gasteiger partial charge in [-0.15, -0.1) is 0 Å². The van der Waals surface area contributed by atoms with Gasteiger partial charge in [0, 0.05) is 12.8 Å². The first-order valence-electron chi connectivity index (χ1n) is 32.1. The van der Waals surface area contributed by atoms with Crippen molar-refractivity contribution in [1.29, 1.82) is 0 Å². The highest BCUT2D eigenvalue weighted by Crippen LogP contribution is 2.38. The molecular weight excluding hydrogens is 964 g/mol. The van der Waals surface area contributed by atoms with E-state index in [1.54, 1.807) is 0 Å². The molecule has 1 amide bonds. The van der Waals surface area contributed by atoms with E-state index in [2.05, 4.69) is 74.7 Å². The van der Waals surface area contributed by atoms with Crippen molar-refractivity contribution in [3.8, 4) is 0 Å². The van der Waals surface area contributed by atoms with Gasteiger partial charge in [-0.05, 0) is 96.0 Å². The Morgan fingerprint density at radius 3 is 1.24 bits per heavy atom. The fourth-order valence-electron chi connectivity index (χ4n) is 9.17. The molecule has 0 heterocycles. The van der Waals surface area contributed by atoms with Crippen molar-refractivity contribution in [1.82, 2.24) is 5.32 Å². The van der Waals surface area contributed by atoms with Gasteiger partial charge in [-0.1, -0.05) is 249 Å². The van der Waals surface area contributed by atoms with E-state index in [-0.39, 0.29) is 24.9 Å². The zero-order chi connectivity index (χ0) is 55.7. The molecule has 0 bridgehead atoms. The number of carbonyl (C=O) groups excluding carboxylic acids is 2. The van der Waals surface area contributed by atoms with Crippen LogP contribution in [0, 0.1) is 0 Å². The molecule has 0 aromatic rings. The van der Waals surface area contributed by atoms with E-state index in [0.29, 0.717) is 23.9 Å². The normalized spacial score (nSPS) is 14.0. The van der Waals surface area contributed by atoms with Crippen molar-refractivity contribution in [2.45, 2.75) is 309 Å². The third kappa shape index (κ3) is 56.4. The van der Waals surface area contributed by atoms with Crippen LogP contribution in [0.4, 0.5) is 0 Å². The molecule has 0 aliphatic carbocycles. The number of carbonyl (C=O) groups is 2. The second-order valence-corrected chi connectivity index (χ2v) is 24.3. The monoisotopic (exact) mass is 1090 g/mol. The molecule has 9 nitrogen and oxygen atoms in total. The Hall–Kier alpha value is -2.29. The molecule has 0 spiro atoms. The maximum Gasteiger partial charge on any atom is 0.306 e. The molecule has 0 fully saturated rings. The smallest absolute Gasteiger partial charge is 0.306 e. The van der Waals surface area contributed by atoms with Crippen LogP contribution in [0.3, 0.4) is 0 Å². The summed E-state index contributed by atoms with van der Waals surface area (Å²) in [5.74, 6) is -0.551. The molecule has 0 rings (SSSR count). The summed E-state index contributed by atoms with van der Waals surface area (Å²) in [7, 11) is 1.18. The predicted octanol–water partition coefficient (Wildman–Crippen LogP) is 19.2. The lowest BCUT2D eigenvalue weighted by molar-refractivity contribution is -0.870. The molecule has 10 heteroatoms. The zero-order valence-electron chi connectivity index (χ0n) is 50.7. The quantitative estimate of drug-likeness (QED) is 0.0212. The van der Waals surface area contributed by atoms with Gasteiger partial charge in [0.15, 0.2) is 0 Å². The maximum atomic E-state index is 13.5. The molecule has 0 radical (unpaired) electrons. The van der Waals surface area contributed by atoms with Gasteiger partial charge in [0.25, 0.3) is 7.82 Å². The Morgan fingerprint density at radius 1 is 0.461 bits per heavy atom. The van der Waals surface area contributed by atoms with Gasteiger partial charge >= 0.3 is 5.97 Å². The Balaban J connectivity index is 5.25. The highest BCUT2D eigenvalue weighted by molar-refractivity contribution is 7.45. The lowest BCUT2D eigenvalue weighted by Crippen LogP contribution is -2.47. The van der Waals surface area contributed by atoms with Crippen LogP contribution >= 0.6 is 7.82 Å². The lowest BCUT2D eigenvalue weighted by Gasteiger charge is -2.30. The number of phosphoric acid groups is 1. The van der Waals surface area contributed by atoms with Gasteiger partial charge in [-0.2, -0.15) is 0 Å². The molecule has 76 heavy (non-hydrogen) atoms. The number of likely N-dealkylation sites (N-methyl/N-ethyl adjacent to an activating group) is 1. The van der Waals surface area contributed by atoms with Crippen molar-refractivity contribution in [3.63, 3.8) is 0 Å². The molecule has 0 saturated carbocycles. The summed E-state index contributed by atoms with van der Waals surface area (Å²) in [6.07, 6.45) is 70.4. The number of hydrogen-bond donors (Lipinski definition) is 1. The van der Waals surface area contributed by atoms with Crippen LogP contribution in [0.1, 0.15) is 297 Å². The number of amides is 1. The third-order valence-electron chi connectivity index (χ3n) is 14.2. The van der Waals surface area contributed by atoms with Gasteiger partial charge in [-0.25, -0.2) is 0 Å². The SMILES string of the molecule is CCCCC/C=C\C/C=C\C/C=C\CCCCCCCCC(=O)OC(/C=C/CCCCCCCCCCCC)C(COP(=O)([O-])OCC[N+](C)(C)C)NC(=O)CCCCCCCCCCC/C=C/CCCCCCCC. The lowest BCUT2D eigenvalue weighted by atomic mass is 10.0. The highest BCUT2D eigenvalue weighted by Gasteiger charge is 2.27. The van der Waals surface area contributed by atoms with Crippen molar-refractivity contribution in [2.75, 3.05) is 40.9 Å². The summed E-state index contributed by atoms with van der Waals surface area (Å²) in [5, 5.41) is 3.03. The highest BCUT2D eigenvalue weighted by atomic mass is 31.2. The Kier molecular flexibility index (Phi) is 54.3. The minimum atomic E-state index is -4.70.